The van der Waals surface area contributed by atoms with Crippen LogP contribution in [0.1, 0.15) is 17.0 Å². The average Bonchev–Trinajstić information content (AvgIpc) is 3.31. The predicted octanol–water partition coefficient (Wildman–Crippen LogP) is 5.47. The van der Waals surface area contributed by atoms with Crippen LogP contribution in [0.15, 0.2) is 94.4 Å². The first kappa shape index (κ1) is 25.4. The van der Waals surface area contributed by atoms with E-state index >= 15 is 0 Å². The van der Waals surface area contributed by atoms with Gasteiger partial charge in [0.05, 0.1) is 30.8 Å². The Hall–Kier alpha value is -4.72. The van der Waals surface area contributed by atoms with Gasteiger partial charge in [0.1, 0.15) is 11.5 Å². The Balaban J connectivity index is 1.41. The fourth-order valence-corrected chi connectivity index (χ4v) is 3.62. The van der Waals surface area contributed by atoms with E-state index in [0.717, 1.165) is 28.3 Å². The van der Waals surface area contributed by atoms with Gasteiger partial charge in [-0.05, 0) is 48.9 Å². The molecule has 8 nitrogen and oxygen atoms in total. The maximum Gasteiger partial charge on any atom is 0.357 e. The Bertz CT molecular complexity index is 1380. The topological polar surface area (TPSA) is 110 Å². The Morgan fingerprint density at radius 1 is 1.03 bits per heavy atom. The SMILES string of the molecule is COC(=O)C(=N)/C(Cc1cccc(OCCc2nc(-c3ccccc3)oc2C)c1)=N\Nc1ccccc1. The molecule has 1 heterocycles. The molecule has 0 spiro atoms. The van der Waals surface area contributed by atoms with Crippen LogP contribution in [-0.4, -0.2) is 36.1 Å². The number of aryl methyl sites for hydroxylation is 1. The van der Waals surface area contributed by atoms with E-state index in [-0.39, 0.29) is 17.8 Å². The fourth-order valence-electron chi connectivity index (χ4n) is 3.62. The molecule has 0 aliphatic heterocycles. The number of ether oxygens (including phenoxy) is 2. The van der Waals surface area contributed by atoms with E-state index in [4.69, 9.17) is 19.3 Å². The molecule has 0 bridgehead atoms. The molecule has 0 radical (unpaired) electrons. The van der Waals surface area contributed by atoms with Gasteiger partial charge in [-0.1, -0.05) is 48.5 Å². The van der Waals surface area contributed by atoms with Gasteiger partial charge in [0, 0.05) is 18.4 Å². The highest BCUT2D eigenvalue weighted by Crippen LogP contribution is 2.22. The van der Waals surface area contributed by atoms with Crippen LogP contribution in [0.4, 0.5) is 5.69 Å². The highest BCUT2D eigenvalue weighted by Gasteiger charge is 2.18. The zero-order chi connectivity index (χ0) is 26.0. The maximum absolute atomic E-state index is 12.0. The van der Waals surface area contributed by atoms with Gasteiger partial charge in [-0.25, -0.2) is 9.78 Å². The summed E-state index contributed by atoms with van der Waals surface area (Å²) in [5.41, 5.74) is 6.20. The lowest BCUT2D eigenvalue weighted by atomic mass is 10.0. The summed E-state index contributed by atoms with van der Waals surface area (Å²) >= 11 is 0. The van der Waals surface area contributed by atoms with E-state index in [1.807, 2.05) is 91.9 Å². The summed E-state index contributed by atoms with van der Waals surface area (Å²) in [4.78, 5) is 16.6. The number of anilines is 1. The van der Waals surface area contributed by atoms with Crippen molar-refractivity contribution >= 4 is 23.1 Å². The molecule has 0 unspecified atom stereocenters. The van der Waals surface area contributed by atoms with Crippen molar-refractivity contribution in [1.29, 1.82) is 5.41 Å². The van der Waals surface area contributed by atoms with Crippen molar-refractivity contribution in [2.24, 2.45) is 5.10 Å². The second kappa shape index (κ2) is 12.3. The Kier molecular flexibility index (Phi) is 8.44. The Labute approximate surface area is 215 Å². The third kappa shape index (κ3) is 6.91. The number of hydrazone groups is 1. The van der Waals surface area contributed by atoms with E-state index in [1.54, 1.807) is 0 Å². The van der Waals surface area contributed by atoms with Crippen LogP contribution in [0.3, 0.4) is 0 Å². The lowest BCUT2D eigenvalue weighted by molar-refractivity contribution is -0.132. The zero-order valence-electron chi connectivity index (χ0n) is 20.7. The molecule has 0 aliphatic rings. The van der Waals surface area contributed by atoms with E-state index < -0.39 is 5.97 Å². The molecule has 0 aliphatic carbocycles. The first-order valence-electron chi connectivity index (χ1n) is 11.8. The van der Waals surface area contributed by atoms with Crippen LogP contribution >= 0.6 is 0 Å². The molecule has 37 heavy (non-hydrogen) atoms. The summed E-state index contributed by atoms with van der Waals surface area (Å²) in [7, 11) is 1.24. The molecular formula is C29H28N4O4. The molecular weight excluding hydrogens is 468 g/mol. The largest absolute Gasteiger partial charge is 0.493 e. The minimum atomic E-state index is -0.751. The minimum Gasteiger partial charge on any atom is -0.493 e. The number of aromatic nitrogens is 1. The molecule has 4 rings (SSSR count). The van der Waals surface area contributed by atoms with Crippen LogP contribution in [0, 0.1) is 12.3 Å². The summed E-state index contributed by atoms with van der Waals surface area (Å²) in [6, 6.07) is 26.6. The molecule has 0 saturated carbocycles. The van der Waals surface area contributed by atoms with E-state index in [2.05, 4.69) is 15.5 Å². The molecule has 1 aromatic heterocycles. The normalized spacial score (nSPS) is 11.1. The third-order valence-corrected chi connectivity index (χ3v) is 5.56. The summed E-state index contributed by atoms with van der Waals surface area (Å²) in [5.74, 6) is 1.28. The monoisotopic (exact) mass is 496 g/mol. The van der Waals surface area contributed by atoms with Crippen molar-refractivity contribution in [2.75, 3.05) is 19.1 Å². The summed E-state index contributed by atoms with van der Waals surface area (Å²) < 4.78 is 16.5. The van der Waals surface area contributed by atoms with Crippen molar-refractivity contribution in [3.63, 3.8) is 0 Å². The number of hydrogen-bond donors (Lipinski definition) is 2. The zero-order valence-corrected chi connectivity index (χ0v) is 20.7. The number of carbonyl (C=O) groups is 1. The standard InChI is InChI=1S/C29H28N4O4/c1-20-25(31-28(37-20)22-11-5-3-6-12-22)16-17-36-24-15-9-10-21(18-24)19-26(27(30)29(34)35-2)33-32-23-13-7-4-8-14-23/h3-15,18,30,32H,16-17,19H2,1-2H3/b30-27?,33-26-. The second-order valence-corrected chi connectivity index (χ2v) is 8.21. The van der Waals surface area contributed by atoms with Gasteiger partial charge in [0.25, 0.3) is 0 Å². The maximum atomic E-state index is 12.0. The first-order chi connectivity index (χ1) is 18.0. The van der Waals surface area contributed by atoms with Gasteiger partial charge in [0.2, 0.25) is 5.89 Å². The Morgan fingerprint density at radius 3 is 2.49 bits per heavy atom. The van der Waals surface area contributed by atoms with Crippen LogP contribution in [0.5, 0.6) is 5.75 Å². The van der Waals surface area contributed by atoms with E-state index in [9.17, 15) is 4.79 Å². The number of oxazole rings is 1. The van der Waals surface area contributed by atoms with Crippen LogP contribution in [0.25, 0.3) is 11.5 Å². The van der Waals surface area contributed by atoms with Gasteiger partial charge >= 0.3 is 5.97 Å². The lowest BCUT2D eigenvalue weighted by Gasteiger charge is -2.10. The number of hydrogen-bond acceptors (Lipinski definition) is 8. The van der Waals surface area contributed by atoms with Crippen molar-refractivity contribution in [2.45, 2.75) is 19.8 Å². The molecule has 0 atom stereocenters. The van der Waals surface area contributed by atoms with Crippen LogP contribution in [0.2, 0.25) is 0 Å². The quantitative estimate of drug-likeness (QED) is 0.162. The van der Waals surface area contributed by atoms with Crippen molar-refractivity contribution in [1.82, 2.24) is 4.98 Å². The molecule has 2 N–H and O–H groups in total. The Morgan fingerprint density at radius 2 is 1.76 bits per heavy atom. The molecule has 3 aromatic carbocycles. The van der Waals surface area contributed by atoms with Gasteiger partial charge < -0.3 is 13.9 Å². The molecule has 0 saturated heterocycles. The van der Waals surface area contributed by atoms with E-state index in [1.165, 1.54) is 7.11 Å². The molecule has 8 heteroatoms. The molecule has 0 fully saturated rings. The van der Waals surface area contributed by atoms with Crippen LogP contribution in [-0.2, 0) is 22.4 Å². The molecule has 0 amide bonds. The molecule has 188 valence electrons. The number of carbonyl (C=O) groups excluding carboxylic acids is 1. The smallest absolute Gasteiger partial charge is 0.357 e. The van der Waals surface area contributed by atoms with E-state index in [0.29, 0.717) is 24.7 Å². The number of nitrogens with zero attached hydrogens (tertiary/aromatic N) is 2. The highest BCUT2D eigenvalue weighted by atomic mass is 16.5. The average molecular weight is 497 g/mol. The summed E-state index contributed by atoms with van der Waals surface area (Å²) in [6.07, 6.45) is 0.834. The summed E-state index contributed by atoms with van der Waals surface area (Å²) in [6.45, 7) is 2.32. The van der Waals surface area contributed by atoms with Gasteiger partial charge in [-0.3, -0.25) is 10.8 Å². The second-order valence-electron chi connectivity index (χ2n) is 8.21. The summed E-state index contributed by atoms with van der Waals surface area (Å²) in [5, 5.41) is 12.5. The first-order valence-corrected chi connectivity index (χ1v) is 11.8. The van der Waals surface area contributed by atoms with Crippen molar-refractivity contribution in [3.05, 3.63) is 102 Å². The van der Waals surface area contributed by atoms with Crippen molar-refractivity contribution < 1.29 is 18.7 Å². The van der Waals surface area contributed by atoms with Gasteiger partial charge in [-0.2, -0.15) is 5.10 Å². The molecule has 4 aromatic rings. The van der Waals surface area contributed by atoms with Crippen LogP contribution < -0.4 is 10.2 Å². The third-order valence-electron chi connectivity index (χ3n) is 5.56. The number of benzene rings is 3. The fraction of sp³-hybridized carbons (Fsp3) is 0.172. The van der Waals surface area contributed by atoms with Crippen molar-refractivity contribution in [3.8, 4) is 17.2 Å². The van der Waals surface area contributed by atoms with Gasteiger partial charge in [-0.15, -0.1) is 0 Å². The number of methoxy groups -OCH3 is 1. The number of esters is 1. The van der Waals surface area contributed by atoms with Gasteiger partial charge in [0.15, 0.2) is 5.71 Å². The number of rotatable bonds is 11. The minimum absolute atomic E-state index is 0.244. The predicted molar refractivity (Wildman–Crippen MR) is 143 cm³/mol. The number of nitrogens with one attached hydrogen (secondary N) is 2. The lowest BCUT2D eigenvalue weighted by Crippen LogP contribution is -2.27. The number of para-hydroxylation sites is 1. The highest BCUT2D eigenvalue weighted by molar-refractivity contribution is 6.65.